The highest BCUT2D eigenvalue weighted by molar-refractivity contribution is 9.10. The zero-order chi connectivity index (χ0) is 15.6. The quantitative estimate of drug-likeness (QED) is 0.843. The second kappa shape index (κ2) is 6.67. The SMILES string of the molecule is CC(C)C1CCCCC1Nc1ccc(S(N)(=O)=O)cc1Br. The van der Waals surface area contributed by atoms with E-state index in [0.29, 0.717) is 17.9 Å². The average Bonchev–Trinajstić information content (AvgIpc) is 2.40. The first kappa shape index (κ1) is 16.8. The lowest BCUT2D eigenvalue weighted by atomic mass is 9.78. The smallest absolute Gasteiger partial charge is 0.238 e. The van der Waals surface area contributed by atoms with Crippen LogP contribution in [0.1, 0.15) is 39.5 Å². The molecular formula is C15H23BrN2O2S. The van der Waals surface area contributed by atoms with Crippen LogP contribution >= 0.6 is 15.9 Å². The predicted molar refractivity (Wildman–Crippen MR) is 89.7 cm³/mol. The zero-order valence-corrected chi connectivity index (χ0v) is 14.9. The minimum absolute atomic E-state index is 0.129. The Bertz CT molecular complexity index is 602. The van der Waals surface area contributed by atoms with E-state index in [9.17, 15) is 8.42 Å². The molecule has 0 aromatic heterocycles. The molecule has 2 atom stereocenters. The van der Waals surface area contributed by atoms with Gasteiger partial charge in [-0.15, -0.1) is 0 Å². The van der Waals surface area contributed by atoms with Crippen LogP contribution in [-0.4, -0.2) is 14.5 Å². The van der Waals surface area contributed by atoms with Crippen molar-refractivity contribution in [1.29, 1.82) is 0 Å². The van der Waals surface area contributed by atoms with E-state index in [1.165, 1.54) is 19.3 Å². The molecule has 4 nitrogen and oxygen atoms in total. The number of nitrogens with one attached hydrogen (secondary N) is 1. The fraction of sp³-hybridized carbons (Fsp3) is 0.600. The van der Waals surface area contributed by atoms with Crippen LogP contribution in [0, 0.1) is 11.8 Å². The molecule has 0 heterocycles. The number of sulfonamides is 1. The van der Waals surface area contributed by atoms with Crippen molar-refractivity contribution in [3.05, 3.63) is 22.7 Å². The van der Waals surface area contributed by atoms with E-state index >= 15 is 0 Å². The topological polar surface area (TPSA) is 72.2 Å². The van der Waals surface area contributed by atoms with Crippen LogP contribution in [0.3, 0.4) is 0 Å². The highest BCUT2D eigenvalue weighted by Crippen LogP contribution is 2.34. The highest BCUT2D eigenvalue weighted by atomic mass is 79.9. The van der Waals surface area contributed by atoms with Crippen LogP contribution in [0.2, 0.25) is 0 Å². The Labute approximate surface area is 135 Å². The summed E-state index contributed by atoms with van der Waals surface area (Å²) in [4.78, 5) is 0.129. The van der Waals surface area contributed by atoms with Gasteiger partial charge in [0, 0.05) is 16.2 Å². The number of anilines is 1. The lowest BCUT2D eigenvalue weighted by molar-refractivity contribution is 0.254. The molecule has 1 aliphatic rings. The lowest BCUT2D eigenvalue weighted by Crippen LogP contribution is -2.35. The number of rotatable bonds is 4. The second-order valence-electron chi connectivity index (χ2n) is 6.13. The number of hydrogen-bond acceptors (Lipinski definition) is 3. The van der Waals surface area contributed by atoms with Crippen molar-refractivity contribution in [3.63, 3.8) is 0 Å². The van der Waals surface area contributed by atoms with Crippen molar-refractivity contribution in [2.24, 2.45) is 17.0 Å². The molecule has 0 bridgehead atoms. The van der Waals surface area contributed by atoms with Crippen LogP contribution < -0.4 is 10.5 Å². The Morgan fingerprint density at radius 2 is 1.95 bits per heavy atom. The van der Waals surface area contributed by atoms with Crippen molar-refractivity contribution in [2.45, 2.75) is 50.5 Å². The molecule has 1 aromatic carbocycles. The number of hydrogen-bond donors (Lipinski definition) is 2. The number of nitrogens with two attached hydrogens (primary N) is 1. The summed E-state index contributed by atoms with van der Waals surface area (Å²) >= 11 is 3.44. The third-order valence-electron chi connectivity index (χ3n) is 4.29. The highest BCUT2D eigenvalue weighted by Gasteiger charge is 2.27. The summed E-state index contributed by atoms with van der Waals surface area (Å²) in [5.74, 6) is 1.30. The maximum Gasteiger partial charge on any atom is 0.238 e. The van der Waals surface area contributed by atoms with Gasteiger partial charge in [-0.1, -0.05) is 26.7 Å². The molecule has 118 valence electrons. The zero-order valence-electron chi connectivity index (χ0n) is 12.5. The Kier molecular flexibility index (Phi) is 5.33. The summed E-state index contributed by atoms with van der Waals surface area (Å²) < 4.78 is 23.5. The Balaban J connectivity index is 2.19. The van der Waals surface area contributed by atoms with E-state index in [4.69, 9.17) is 5.14 Å². The molecule has 0 radical (unpaired) electrons. The van der Waals surface area contributed by atoms with E-state index < -0.39 is 10.0 Å². The predicted octanol–water partition coefficient (Wildman–Crippen LogP) is 3.72. The van der Waals surface area contributed by atoms with E-state index in [2.05, 4.69) is 35.1 Å². The fourth-order valence-electron chi connectivity index (χ4n) is 3.13. The van der Waals surface area contributed by atoms with Crippen LogP contribution in [0.15, 0.2) is 27.6 Å². The molecule has 2 rings (SSSR count). The average molecular weight is 375 g/mol. The summed E-state index contributed by atoms with van der Waals surface area (Å²) in [6, 6.07) is 5.34. The molecule has 1 saturated carbocycles. The van der Waals surface area contributed by atoms with Crippen molar-refractivity contribution < 1.29 is 8.42 Å². The summed E-state index contributed by atoms with van der Waals surface area (Å²) in [6.45, 7) is 4.54. The maximum atomic E-state index is 11.4. The van der Waals surface area contributed by atoms with E-state index in [0.717, 1.165) is 16.6 Å². The Morgan fingerprint density at radius 3 is 2.52 bits per heavy atom. The minimum atomic E-state index is -3.66. The van der Waals surface area contributed by atoms with Crippen molar-refractivity contribution in [2.75, 3.05) is 5.32 Å². The summed E-state index contributed by atoms with van der Waals surface area (Å²) in [7, 11) is -3.66. The minimum Gasteiger partial charge on any atom is -0.381 e. The van der Waals surface area contributed by atoms with Crippen LogP contribution in [0.4, 0.5) is 5.69 Å². The first-order chi connectivity index (χ1) is 9.79. The molecule has 6 heteroatoms. The van der Waals surface area contributed by atoms with Gasteiger partial charge in [0.05, 0.1) is 4.90 Å². The maximum absolute atomic E-state index is 11.4. The molecule has 3 N–H and O–H groups in total. The van der Waals surface area contributed by atoms with Crippen molar-refractivity contribution in [3.8, 4) is 0 Å². The number of primary sulfonamides is 1. The van der Waals surface area contributed by atoms with Gasteiger partial charge in [-0.25, -0.2) is 13.6 Å². The van der Waals surface area contributed by atoms with Crippen LogP contribution in [0.25, 0.3) is 0 Å². The van der Waals surface area contributed by atoms with Gasteiger partial charge in [0.1, 0.15) is 0 Å². The van der Waals surface area contributed by atoms with Gasteiger partial charge in [0.15, 0.2) is 0 Å². The first-order valence-corrected chi connectivity index (χ1v) is 9.72. The molecule has 0 amide bonds. The van der Waals surface area contributed by atoms with Gasteiger partial charge in [-0.3, -0.25) is 0 Å². The third-order valence-corrected chi connectivity index (χ3v) is 5.85. The van der Waals surface area contributed by atoms with Gasteiger partial charge >= 0.3 is 0 Å². The molecule has 0 aliphatic heterocycles. The molecule has 1 aromatic rings. The van der Waals surface area contributed by atoms with E-state index in [-0.39, 0.29) is 4.90 Å². The standard InChI is InChI=1S/C15H23BrN2O2S/c1-10(2)12-5-3-4-6-14(12)18-15-8-7-11(9-13(15)16)21(17,19)20/h7-10,12,14,18H,3-6H2,1-2H3,(H2,17,19,20). The summed E-state index contributed by atoms with van der Waals surface area (Å²) in [5.41, 5.74) is 0.931. The van der Waals surface area contributed by atoms with Crippen molar-refractivity contribution >= 4 is 31.6 Å². The van der Waals surface area contributed by atoms with Crippen LogP contribution in [0.5, 0.6) is 0 Å². The molecule has 21 heavy (non-hydrogen) atoms. The molecule has 0 saturated heterocycles. The largest absolute Gasteiger partial charge is 0.381 e. The monoisotopic (exact) mass is 374 g/mol. The normalized spacial score (nSPS) is 23.3. The number of halogens is 1. The first-order valence-electron chi connectivity index (χ1n) is 7.38. The van der Waals surface area contributed by atoms with Gasteiger partial charge in [-0.2, -0.15) is 0 Å². The third kappa shape index (κ3) is 4.20. The van der Waals surface area contributed by atoms with Gasteiger partial charge in [-0.05, 0) is 58.8 Å². The Hall–Kier alpha value is -0.590. The second-order valence-corrected chi connectivity index (χ2v) is 8.55. The van der Waals surface area contributed by atoms with Gasteiger partial charge in [0.25, 0.3) is 0 Å². The Morgan fingerprint density at radius 1 is 1.29 bits per heavy atom. The lowest BCUT2D eigenvalue weighted by Gasteiger charge is -2.35. The van der Waals surface area contributed by atoms with Gasteiger partial charge in [0.2, 0.25) is 10.0 Å². The summed E-state index contributed by atoms with van der Waals surface area (Å²) in [5, 5.41) is 8.73. The van der Waals surface area contributed by atoms with Crippen molar-refractivity contribution in [1.82, 2.24) is 0 Å². The van der Waals surface area contributed by atoms with Gasteiger partial charge < -0.3 is 5.32 Å². The molecule has 1 fully saturated rings. The van der Waals surface area contributed by atoms with E-state index in [1.807, 2.05) is 0 Å². The molecule has 2 unspecified atom stereocenters. The van der Waals surface area contributed by atoms with Crippen LogP contribution in [-0.2, 0) is 10.0 Å². The number of benzene rings is 1. The molecular weight excluding hydrogens is 352 g/mol. The van der Waals surface area contributed by atoms with E-state index in [1.54, 1.807) is 18.2 Å². The summed E-state index contributed by atoms with van der Waals surface area (Å²) in [6.07, 6.45) is 4.95. The fourth-order valence-corrected chi connectivity index (χ4v) is 4.31. The molecule has 1 aliphatic carbocycles. The molecule has 0 spiro atoms.